The number of aromatic nitrogens is 1. The number of rotatable bonds is 7. The molecule has 3 heterocycles. The average molecular weight is 497 g/mol. The number of imide groups is 1. The second-order valence-electron chi connectivity index (χ2n) is 7.79. The van der Waals surface area contributed by atoms with Crippen molar-refractivity contribution in [1.29, 1.82) is 0 Å². The van der Waals surface area contributed by atoms with Crippen LogP contribution in [0.1, 0.15) is 29.9 Å². The van der Waals surface area contributed by atoms with Gasteiger partial charge in [0, 0.05) is 17.1 Å². The quantitative estimate of drug-likeness (QED) is 0.382. The van der Waals surface area contributed by atoms with Gasteiger partial charge in [0.25, 0.3) is 5.91 Å². The first kappa shape index (κ1) is 24.0. The van der Waals surface area contributed by atoms with E-state index in [-0.39, 0.29) is 17.2 Å². The third kappa shape index (κ3) is 4.62. The largest absolute Gasteiger partial charge is 0.462 e. The van der Waals surface area contributed by atoms with Crippen LogP contribution in [0.25, 0.3) is 11.1 Å². The van der Waals surface area contributed by atoms with Gasteiger partial charge in [-0.3, -0.25) is 19.5 Å². The van der Waals surface area contributed by atoms with Gasteiger partial charge in [0.05, 0.1) is 12.3 Å². The van der Waals surface area contributed by atoms with Gasteiger partial charge in [-0.15, -0.1) is 11.3 Å². The van der Waals surface area contributed by atoms with Crippen LogP contribution in [0.5, 0.6) is 0 Å². The fourth-order valence-electron chi connectivity index (χ4n) is 3.68. The second-order valence-corrected chi connectivity index (χ2v) is 8.67. The third-order valence-electron chi connectivity index (χ3n) is 5.43. The minimum absolute atomic E-state index is 0.104. The van der Waals surface area contributed by atoms with E-state index in [1.54, 1.807) is 30.5 Å². The molecular formula is C24H21FN4O5S. The van der Waals surface area contributed by atoms with Gasteiger partial charge in [-0.05, 0) is 43.7 Å². The topological polar surface area (TPSA) is 118 Å². The van der Waals surface area contributed by atoms with Gasteiger partial charge in [0.15, 0.2) is 5.54 Å². The number of carbonyl (C=O) groups excluding carboxylic acids is 4. The molecule has 4 rings (SSSR count). The van der Waals surface area contributed by atoms with Crippen LogP contribution in [0, 0.1) is 5.82 Å². The fourth-order valence-corrected chi connectivity index (χ4v) is 4.65. The minimum Gasteiger partial charge on any atom is -0.462 e. The first-order valence-electron chi connectivity index (χ1n) is 10.6. The molecular weight excluding hydrogens is 475 g/mol. The summed E-state index contributed by atoms with van der Waals surface area (Å²) >= 11 is 1.07. The molecule has 1 aliphatic rings. The number of hydrogen-bond donors (Lipinski definition) is 2. The SMILES string of the molecule is CCOC(=O)c1c(-c2ccc(F)cc2)csc1NC(=O)CN1C(=O)NC(C)(c2ccccn2)C1=O. The molecule has 0 spiro atoms. The summed E-state index contributed by atoms with van der Waals surface area (Å²) < 4.78 is 18.5. The second kappa shape index (κ2) is 9.63. The van der Waals surface area contributed by atoms with Crippen LogP contribution in [0.4, 0.5) is 14.2 Å². The van der Waals surface area contributed by atoms with Crippen LogP contribution in [-0.4, -0.2) is 46.9 Å². The van der Waals surface area contributed by atoms with Crippen molar-refractivity contribution < 1.29 is 28.3 Å². The van der Waals surface area contributed by atoms with E-state index < -0.39 is 41.7 Å². The van der Waals surface area contributed by atoms with Crippen molar-refractivity contribution in [2.75, 3.05) is 18.5 Å². The lowest BCUT2D eigenvalue weighted by Gasteiger charge is -2.20. The normalized spacial score (nSPS) is 17.3. The summed E-state index contributed by atoms with van der Waals surface area (Å²) in [5, 5.41) is 7.01. The van der Waals surface area contributed by atoms with E-state index in [9.17, 15) is 23.6 Å². The Kier molecular flexibility index (Phi) is 6.61. The molecule has 1 aliphatic heterocycles. The van der Waals surface area contributed by atoms with E-state index in [0.717, 1.165) is 16.2 Å². The van der Waals surface area contributed by atoms with Crippen LogP contribution >= 0.6 is 11.3 Å². The lowest BCUT2D eigenvalue weighted by atomic mass is 9.97. The Morgan fingerprint density at radius 1 is 1.20 bits per heavy atom. The highest BCUT2D eigenvalue weighted by molar-refractivity contribution is 7.15. The highest BCUT2D eigenvalue weighted by Crippen LogP contribution is 2.36. The maximum absolute atomic E-state index is 13.4. The predicted octanol–water partition coefficient (Wildman–Crippen LogP) is 3.53. The van der Waals surface area contributed by atoms with Crippen molar-refractivity contribution in [1.82, 2.24) is 15.2 Å². The number of nitrogens with zero attached hydrogens (tertiary/aromatic N) is 2. The van der Waals surface area contributed by atoms with Crippen molar-refractivity contribution in [3.8, 4) is 11.1 Å². The number of ether oxygens (including phenoxy) is 1. The highest BCUT2D eigenvalue weighted by Gasteiger charge is 2.50. The third-order valence-corrected chi connectivity index (χ3v) is 6.33. The zero-order valence-electron chi connectivity index (χ0n) is 18.8. The van der Waals surface area contributed by atoms with Gasteiger partial charge in [-0.25, -0.2) is 14.0 Å². The monoisotopic (exact) mass is 496 g/mol. The van der Waals surface area contributed by atoms with Crippen LogP contribution in [-0.2, 0) is 19.9 Å². The van der Waals surface area contributed by atoms with E-state index in [0.29, 0.717) is 16.8 Å². The Morgan fingerprint density at radius 3 is 2.60 bits per heavy atom. The fraction of sp³-hybridized carbons (Fsp3) is 0.208. The minimum atomic E-state index is -1.41. The van der Waals surface area contributed by atoms with Crippen molar-refractivity contribution in [3.05, 3.63) is 71.1 Å². The van der Waals surface area contributed by atoms with Crippen molar-refractivity contribution in [3.63, 3.8) is 0 Å². The molecule has 9 nitrogen and oxygen atoms in total. The molecule has 1 aromatic carbocycles. The van der Waals surface area contributed by atoms with Gasteiger partial charge >= 0.3 is 12.0 Å². The van der Waals surface area contributed by atoms with Crippen molar-refractivity contribution in [2.24, 2.45) is 0 Å². The van der Waals surface area contributed by atoms with E-state index in [1.165, 1.54) is 37.4 Å². The molecule has 0 radical (unpaired) electrons. The molecule has 3 aromatic rings. The van der Waals surface area contributed by atoms with E-state index in [4.69, 9.17) is 4.74 Å². The molecule has 1 unspecified atom stereocenters. The Labute approximate surface area is 203 Å². The number of carbonyl (C=O) groups is 4. The highest BCUT2D eigenvalue weighted by atomic mass is 32.1. The number of thiophene rings is 1. The van der Waals surface area contributed by atoms with Gasteiger partial charge < -0.3 is 15.4 Å². The average Bonchev–Trinajstić information content (AvgIpc) is 3.35. The zero-order valence-corrected chi connectivity index (χ0v) is 19.6. The Hall–Kier alpha value is -4.12. The summed E-state index contributed by atoms with van der Waals surface area (Å²) in [5.74, 6) is -2.40. The molecule has 2 aromatic heterocycles. The molecule has 1 saturated heterocycles. The number of urea groups is 1. The van der Waals surface area contributed by atoms with Crippen molar-refractivity contribution in [2.45, 2.75) is 19.4 Å². The molecule has 0 saturated carbocycles. The molecule has 1 fully saturated rings. The number of benzene rings is 1. The summed E-state index contributed by atoms with van der Waals surface area (Å²) in [5.41, 5.74) is 0.0567. The lowest BCUT2D eigenvalue weighted by molar-refractivity contribution is -0.133. The van der Waals surface area contributed by atoms with Gasteiger partial charge in [-0.2, -0.15) is 0 Å². The van der Waals surface area contributed by atoms with Gasteiger partial charge in [0.2, 0.25) is 5.91 Å². The maximum atomic E-state index is 13.4. The number of pyridine rings is 1. The summed E-state index contributed by atoms with van der Waals surface area (Å²) in [4.78, 5) is 56.0. The van der Waals surface area contributed by atoms with Gasteiger partial charge in [0.1, 0.15) is 22.9 Å². The Morgan fingerprint density at radius 2 is 1.94 bits per heavy atom. The van der Waals surface area contributed by atoms with Crippen LogP contribution in [0.15, 0.2) is 54.0 Å². The molecule has 0 bridgehead atoms. The number of amides is 4. The molecule has 35 heavy (non-hydrogen) atoms. The van der Waals surface area contributed by atoms with Crippen LogP contribution in [0.2, 0.25) is 0 Å². The summed E-state index contributed by atoms with van der Waals surface area (Å²) in [7, 11) is 0. The number of halogens is 1. The maximum Gasteiger partial charge on any atom is 0.341 e. The van der Waals surface area contributed by atoms with E-state index >= 15 is 0 Å². The standard InChI is InChI=1S/C24H21FN4O5S/c1-3-34-21(31)19-16(14-7-9-15(25)10-8-14)13-35-20(19)27-18(30)12-29-22(32)24(2,28-23(29)33)17-6-4-5-11-26-17/h4-11,13H,3,12H2,1-2H3,(H,27,30)(H,28,33). The van der Waals surface area contributed by atoms with E-state index in [2.05, 4.69) is 15.6 Å². The summed E-state index contributed by atoms with van der Waals surface area (Å²) in [6.45, 7) is 2.70. The molecule has 2 N–H and O–H groups in total. The van der Waals surface area contributed by atoms with Gasteiger partial charge in [-0.1, -0.05) is 18.2 Å². The van der Waals surface area contributed by atoms with E-state index in [1.807, 2.05) is 0 Å². The summed E-state index contributed by atoms with van der Waals surface area (Å²) in [6, 6.07) is 9.79. The number of nitrogens with one attached hydrogen (secondary N) is 2. The summed E-state index contributed by atoms with van der Waals surface area (Å²) in [6.07, 6.45) is 1.50. The Bertz CT molecular complexity index is 1300. The molecule has 180 valence electrons. The number of esters is 1. The van der Waals surface area contributed by atoms with Crippen LogP contribution < -0.4 is 10.6 Å². The van der Waals surface area contributed by atoms with Crippen molar-refractivity contribution >= 4 is 40.2 Å². The Balaban J connectivity index is 1.56. The smallest absolute Gasteiger partial charge is 0.341 e. The first-order valence-corrected chi connectivity index (χ1v) is 11.5. The molecule has 4 amide bonds. The number of hydrogen-bond acceptors (Lipinski definition) is 7. The zero-order chi connectivity index (χ0) is 25.2. The lowest BCUT2D eigenvalue weighted by Crippen LogP contribution is -2.42. The number of anilines is 1. The first-order chi connectivity index (χ1) is 16.7. The molecule has 0 aliphatic carbocycles. The van der Waals surface area contributed by atoms with Crippen LogP contribution in [0.3, 0.4) is 0 Å². The molecule has 11 heteroatoms. The predicted molar refractivity (Wildman–Crippen MR) is 126 cm³/mol. The molecule has 1 atom stereocenters.